The van der Waals surface area contributed by atoms with Crippen molar-refractivity contribution in [3.8, 4) is 0 Å². The highest BCUT2D eigenvalue weighted by atomic mass is 32.1. The molecule has 1 aromatic rings. The summed E-state index contributed by atoms with van der Waals surface area (Å²) < 4.78 is 28.0. The Bertz CT molecular complexity index is 229. The van der Waals surface area contributed by atoms with Crippen molar-refractivity contribution in [3.05, 3.63) is 22.4 Å². The Morgan fingerprint density at radius 1 is 1.50 bits per heavy atom. The first-order valence-electron chi connectivity index (χ1n) is 4.36. The first kappa shape index (κ1) is 11.6. The van der Waals surface area contributed by atoms with Gasteiger partial charge in [-0.2, -0.15) is 11.3 Å². The minimum absolute atomic E-state index is 0.328. The molecule has 0 aromatic carbocycles. The maximum Gasteiger partial charge on any atom is 0.261 e. The lowest BCUT2D eigenvalue weighted by atomic mass is 10.3. The summed E-state index contributed by atoms with van der Waals surface area (Å²) in [6.45, 7) is 1.22. The zero-order valence-corrected chi connectivity index (χ0v) is 8.53. The summed E-state index contributed by atoms with van der Waals surface area (Å²) in [7, 11) is 0. The summed E-state index contributed by atoms with van der Waals surface area (Å²) in [4.78, 5) is 0. The van der Waals surface area contributed by atoms with Gasteiger partial charge in [0.25, 0.3) is 6.43 Å². The van der Waals surface area contributed by atoms with Crippen LogP contribution in [-0.2, 0) is 11.3 Å². The third kappa shape index (κ3) is 5.26. The monoisotopic (exact) mass is 221 g/mol. The van der Waals surface area contributed by atoms with Gasteiger partial charge in [-0.05, 0) is 22.4 Å². The Labute approximate surface area is 85.9 Å². The van der Waals surface area contributed by atoms with Crippen molar-refractivity contribution in [2.45, 2.75) is 13.0 Å². The average Bonchev–Trinajstić information content (AvgIpc) is 2.63. The van der Waals surface area contributed by atoms with Crippen LogP contribution in [0.3, 0.4) is 0 Å². The molecule has 2 nitrogen and oxygen atoms in total. The highest BCUT2D eigenvalue weighted by Crippen LogP contribution is 2.04. The van der Waals surface area contributed by atoms with E-state index in [1.165, 1.54) is 5.56 Å². The van der Waals surface area contributed by atoms with Crippen molar-refractivity contribution < 1.29 is 13.5 Å². The van der Waals surface area contributed by atoms with E-state index in [-0.39, 0.29) is 0 Å². The lowest BCUT2D eigenvalue weighted by molar-refractivity contribution is 0.0187. The normalized spacial score (nSPS) is 11.1. The van der Waals surface area contributed by atoms with E-state index >= 15 is 0 Å². The van der Waals surface area contributed by atoms with E-state index in [4.69, 9.17) is 4.74 Å². The number of nitrogens with one attached hydrogen (secondary N) is 1. The molecule has 14 heavy (non-hydrogen) atoms. The summed E-state index contributed by atoms with van der Waals surface area (Å²) in [5.74, 6) is 0. The molecule has 0 radical (unpaired) electrons. The smallest absolute Gasteiger partial charge is 0.261 e. The molecule has 0 saturated heterocycles. The number of hydrogen-bond donors (Lipinski definition) is 1. The summed E-state index contributed by atoms with van der Waals surface area (Å²) in [5, 5.41) is 7.15. The van der Waals surface area contributed by atoms with Gasteiger partial charge < -0.3 is 10.1 Å². The molecule has 0 spiro atoms. The fourth-order valence-electron chi connectivity index (χ4n) is 0.943. The summed E-state index contributed by atoms with van der Waals surface area (Å²) in [6.07, 6.45) is -2.37. The second-order valence-corrected chi connectivity index (χ2v) is 3.55. The lowest BCUT2D eigenvalue weighted by Crippen LogP contribution is -2.20. The molecule has 1 aromatic heterocycles. The molecule has 0 atom stereocenters. The highest BCUT2D eigenvalue weighted by molar-refractivity contribution is 7.07. The number of thiophene rings is 1. The first-order chi connectivity index (χ1) is 6.79. The quantitative estimate of drug-likeness (QED) is 0.712. The lowest BCUT2D eigenvalue weighted by Gasteiger charge is -2.04. The standard InChI is InChI=1S/C9H13F2NOS/c10-9(11)6-13-3-2-12-5-8-1-4-14-7-8/h1,4,7,9,12H,2-3,5-6H2. The van der Waals surface area contributed by atoms with Crippen molar-refractivity contribution in [1.29, 1.82) is 0 Å². The molecule has 0 unspecified atom stereocenters. The first-order valence-corrected chi connectivity index (χ1v) is 5.31. The molecule has 0 fully saturated rings. The Morgan fingerprint density at radius 2 is 2.36 bits per heavy atom. The van der Waals surface area contributed by atoms with E-state index in [0.717, 1.165) is 6.54 Å². The van der Waals surface area contributed by atoms with Crippen LogP contribution >= 0.6 is 11.3 Å². The summed E-state index contributed by atoms with van der Waals surface area (Å²) in [5.41, 5.74) is 1.21. The molecule has 1 heterocycles. The van der Waals surface area contributed by atoms with Gasteiger partial charge in [0.1, 0.15) is 6.61 Å². The fourth-order valence-corrected chi connectivity index (χ4v) is 1.61. The van der Waals surface area contributed by atoms with Crippen LogP contribution in [-0.4, -0.2) is 26.2 Å². The van der Waals surface area contributed by atoms with Gasteiger partial charge in [0, 0.05) is 13.1 Å². The largest absolute Gasteiger partial charge is 0.374 e. The van der Waals surface area contributed by atoms with Gasteiger partial charge in [0.15, 0.2) is 0 Å². The van der Waals surface area contributed by atoms with Gasteiger partial charge in [0.2, 0.25) is 0 Å². The SMILES string of the molecule is FC(F)COCCNCc1ccsc1. The van der Waals surface area contributed by atoms with Crippen molar-refractivity contribution in [2.24, 2.45) is 0 Å². The third-order valence-corrected chi connectivity index (χ3v) is 2.31. The molecule has 0 bridgehead atoms. The average molecular weight is 221 g/mol. The summed E-state index contributed by atoms with van der Waals surface area (Å²) >= 11 is 1.64. The van der Waals surface area contributed by atoms with Crippen molar-refractivity contribution in [3.63, 3.8) is 0 Å². The molecule has 0 aliphatic carbocycles. The van der Waals surface area contributed by atoms with Crippen LogP contribution in [0.25, 0.3) is 0 Å². The van der Waals surface area contributed by atoms with Crippen LogP contribution in [0.4, 0.5) is 8.78 Å². The predicted octanol–water partition coefficient (Wildman–Crippen LogP) is 2.12. The Kier molecular flexibility index (Phi) is 5.66. The van der Waals surface area contributed by atoms with Gasteiger partial charge in [-0.1, -0.05) is 0 Å². The van der Waals surface area contributed by atoms with E-state index < -0.39 is 13.0 Å². The molecule has 1 N–H and O–H groups in total. The Balaban J connectivity index is 1.90. The van der Waals surface area contributed by atoms with Crippen LogP contribution < -0.4 is 5.32 Å². The predicted molar refractivity (Wildman–Crippen MR) is 52.8 cm³/mol. The molecule has 5 heteroatoms. The fraction of sp³-hybridized carbons (Fsp3) is 0.556. The van der Waals surface area contributed by atoms with E-state index in [2.05, 4.69) is 5.32 Å². The molecular weight excluding hydrogens is 208 g/mol. The van der Waals surface area contributed by atoms with E-state index in [1.54, 1.807) is 11.3 Å². The van der Waals surface area contributed by atoms with Gasteiger partial charge in [0.05, 0.1) is 6.61 Å². The van der Waals surface area contributed by atoms with Crippen molar-refractivity contribution >= 4 is 11.3 Å². The maximum atomic E-state index is 11.6. The number of hydrogen-bond acceptors (Lipinski definition) is 3. The topological polar surface area (TPSA) is 21.3 Å². The zero-order chi connectivity index (χ0) is 10.2. The molecule has 0 amide bonds. The van der Waals surface area contributed by atoms with E-state index in [0.29, 0.717) is 13.2 Å². The molecule has 0 saturated carbocycles. The van der Waals surface area contributed by atoms with Gasteiger partial charge in [-0.25, -0.2) is 8.78 Å². The number of ether oxygens (including phenoxy) is 1. The Hall–Kier alpha value is -0.520. The molecule has 80 valence electrons. The van der Waals surface area contributed by atoms with Gasteiger partial charge in [-0.15, -0.1) is 0 Å². The van der Waals surface area contributed by atoms with Crippen LogP contribution in [0.15, 0.2) is 16.8 Å². The molecule has 0 aliphatic rings. The van der Waals surface area contributed by atoms with Crippen LogP contribution in [0.1, 0.15) is 5.56 Å². The number of rotatable bonds is 7. The Morgan fingerprint density at radius 3 is 3.00 bits per heavy atom. The minimum Gasteiger partial charge on any atom is -0.374 e. The van der Waals surface area contributed by atoms with Crippen molar-refractivity contribution in [1.82, 2.24) is 5.32 Å². The van der Waals surface area contributed by atoms with Crippen LogP contribution in [0.5, 0.6) is 0 Å². The highest BCUT2D eigenvalue weighted by Gasteiger charge is 2.00. The zero-order valence-electron chi connectivity index (χ0n) is 7.71. The molecule has 0 aliphatic heterocycles. The minimum atomic E-state index is -2.37. The van der Waals surface area contributed by atoms with E-state index in [9.17, 15) is 8.78 Å². The number of halogens is 2. The van der Waals surface area contributed by atoms with Gasteiger partial charge >= 0.3 is 0 Å². The second-order valence-electron chi connectivity index (χ2n) is 2.77. The van der Waals surface area contributed by atoms with Crippen molar-refractivity contribution in [2.75, 3.05) is 19.8 Å². The molecule has 1 rings (SSSR count). The number of alkyl halides is 2. The van der Waals surface area contributed by atoms with Crippen LogP contribution in [0.2, 0.25) is 0 Å². The maximum absolute atomic E-state index is 11.6. The van der Waals surface area contributed by atoms with Gasteiger partial charge in [-0.3, -0.25) is 0 Å². The third-order valence-electron chi connectivity index (χ3n) is 1.58. The summed E-state index contributed by atoms with van der Waals surface area (Å²) in [6, 6.07) is 2.03. The molecular formula is C9H13F2NOS. The second kappa shape index (κ2) is 6.86. The van der Waals surface area contributed by atoms with E-state index in [1.807, 2.05) is 16.8 Å². The van der Waals surface area contributed by atoms with Crippen LogP contribution in [0, 0.1) is 0 Å².